The summed E-state index contributed by atoms with van der Waals surface area (Å²) in [5.74, 6) is 1.21. The van der Waals surface area contributed by atoms with Crippen molar-refractivity contribution in [3.63, 3.8) is 0 Å². The molecule has 2 heterocycles. The lowest BCUT2D eigenvalue weighted by Crippen LogP contribution is -2.38. The van der Waals surface area contributed by atoms with Crippen LogP contribution in [0.5, 0.6) is 5.75 Å². The van der Waals surface area contributed by atoms with Crippen molar-refractivity contribution in [1.82, 2.24) is 10.1 Å². The number of nitrogens with one attached hydrogen (secondary N) is 1. The van der Waals surface area contributed by atoms with Crippen molar-refractivity contribution in [1.29, 1.82) is 5.26 Å². The van der Waals surface area contributed by atoms with Gasteiger partial charge in [-0.05, 0) is 49.2 Å². The highest BCUT2D eigenvalue weighted by atomic mass is 32.2. The van der Waals surface area contributed by atoms with Crippen molar-refractivity contribution in [3.05, 3.63) is 59.7 Å². The summed E-state index contributed by atoms with van der Waals surface area (Å²) in [5.41, 5.74) is 0.883. The van der Waals surface area contributed by atoms with E-state index < -0.39 is 10.0 Å². The molecule has 0 atom stereocenters. The van der Waals surface area contributed by atoms with E-state index >= 15 is 0 Å². The Bertz CT molecular complexity index is 1370. The molecule has 5 rings (SSSR count). The molecular weight excluding hydrogens is 446 g/mol. The maximum atomic E-state index is 13.0. The zero-order valence-corrected chi connectivity index (χ0v) is 18.2. The minimum absolute atomic E-state index is 0.0343. The maximum absolute atomic E-state index is 13.0. The largest absolute Gasteiger partial charge is 0.482 e. The second-order valence-electron chi connectivity index (χ2n) is 7.87. The number of sulfonamides is 1. The normalized spacial score (nSPS) is 15.8. The molecule has 1 saturated carbocycles. The number of hydrogen-bond acceptors (Lipinski definition) is 8. The van der Waals surface area contributed by atoms with Crippen LogP contribution in [-0.2, 0) is 21.4 Å². The Kier molecular flexibility index (Phi) is 5.22. The summed E-state index contributed by atoms with van der Waals surface area (Å²) in [7, 11) is -3.99. The number of fused-ring (bicyclic) bond motifs is 1. The molecule has 1 amide bonds. The summed E-state index contributed by atoms with van der Waals surface area (Å²) in [6, 6.07) is 12.4. The van der Waals surface area contributed by atoms with E-state index in [-0.39, 0.29) is 35.6 Å². The van der Waals surface area contributed by atoms with Crippen molar-refractivity contribution in [2.24, 2.45) is 0 Å². The van der Waals surface area contributed by atoms with Gasteiger partial charge in [-0.3, -0.25) is 14.4 Å². The number of hydrogen-bond donors (Lipinski definition) is 1. The summed E-state index contributed by atoms with van der Waals surface area (Å²) in [4.78, 5) is 18.4. The minimum atomic E-state index is -3.99. The Morgan fingerprint density at radius 2 is 2.06 bits per heavy atom. The first kappa shape index (κ1) is 21.0. The van der Waals surface area contributed by atoms with E-state index in [4.69, 9.17) is 14.5 Å². The fourth-order valence-corrected chi connectivity index (χ4v) is 4.75. The van der Waals surface area contributed by atoms with Gasteiger partial charge in [0.1, 0.15) is 5.75 Å². The van der Waals surface area contributed by atoms with Crippen LogP contribution in [0.1, 0.15) is 42.5 Å². The molecule has 33 heavy (non-hydrogen) atoms. The van der Waals surface area contributed by atoms with E-state index in [2.05, 4.69) is 14.9 Å². The second-order valence-corrected chi connectivity index (χ2v) is 9.56. The van der Waals surface area contributed by atoms with Crippen molar-refractivity contribution < 1.29 is 22.5 Å². The molecule has 0 unspecified atom stereocenters. The molecule has 1 aromatic heterocycles. The van der Waals surface area contributed by atoms with Crippen LogP contribution in [0.3, 0.4) is 0 Å². The van der Waals surface area contributed by atoms with Crippen LogP contribution < -0.4 is 14.4 Å². The smallest absolute Gasteiger partial charge is 0.265 e. The van der Waals surface area contributed by atoms with Gasteiger partial charge in [-0.2, -0.15) is 10.2 Å². The molecule has 2 aliphatic rings. The van der Waals surface area contributed by atoms with E-state index in [1.54, 1.807) is 18.2 Å². The number of benzene rings is 2. The average Bonchev–Trinajstić information content (AvgIpc) is 3.21. The fraction of sp³-hybridized carbons (Fsp3) is 0.273. The number of nitriles is 1. The number of ether oxygens (including phenoxy) is 1. The van der Waals surface area contributed by atoms with Gasteiger partial charge in [-0.25, -0.2) is 8.42 Å². The van der Waals surface area contributed by atoms with E-state index in [1.165, 1.54) is 29.2 Å². The molecule has 0 radical (unpaired) electrons. The lowest BCUT2D eigenvalue weighted by molar-refractivity contribution is -0.121. The Balaban J connectivity index is 1.43. The monoisotopic (exact) mass is 465 g/mol. The molecule has 1 aliphatic carbocycles. The lowest BCUT2D eigenvalue weighted by Gasteiger charge is -2.28. The molecule has 0 saturated heterocycles. The number of nitrogens with zero attached hydrogens (tertiary/aromatic N) is 4. The van der Waals surface area contributed by atoms with Crippen LogP contribution in [0.4, 0.5) is 11.4 Å². The van der Waals surface area contributed by atoms with Gasteiger partial charge >= 0.3 is 0 Å². The van der Waals surface area contributed by atoms with E-state index in [0.29, 0.717) is 28.7 Å². The number of amides is 1. The van der Waals surface area contributed by atoms with Gasteiger partial charge in [0, 0.05) is 5.92 Å². The van der Waals surface area contributed by atoms with Crippen molar-refractivity contribution in [3.8, 4) is 11.8 Å². The lowest BCUT2D eigenvalue weighted by atomic mass is 9.85. The third-order valence-electron chi connectivity index (χ3n) is 5.67. The number of aromatic nitrogens is 2. The molecule has 1 fully saturated rings. The van der Waals surface area contributed by atoms with Gasteiger partial charge < -0.3 is 9.26 Å². The predicted octanol–water partition coefficient (Wildman–Crippen LogP) is 2.94. The molecule has 10 nitrogen and oxygen atoms in total. The number of carbonyl (C=O) groups excluding carboxylic acids is 1. The number of rotatable bonds is 6. The molecule has 3 aromatic rings. The molecule has 168 valence electrons. The van der Waals surface area contributed by atoms with E-state index in [0.717, 1.165) is 19.3 Å². The highest BCUT2D eigenvalue weighted by Crippen LogP contribution is 2.37. The molecular formula is C22H19N5O5S. The third-order valence-corrected chi connectivity index (χ3v) is 7.04. The van der Waals surface area contributed by atoms with Crippen LogP contribution in [0.15, 0.2) is 51.9 Å². The van der Waals surface area contributed by atoms with Crippen LogP contribution >= 0.6 is 0 Å². The predicted molar refractivity (Wildman–Crippen MR) is 116 cm³/mol. The topological polar surface area (TPSA) is 138 Å². The Hall–Kier alpha value is -3.91. The first-order chi connectivity index (χ1) is 15.9. The summed E-state index contributed by atoms with van der Waals surface area (Å²) in [6.07, 6.45) is 3.14. The highest BCUT2D eigenvalue weighted by molar-refractivity contribution is 7.92. The fourth-order valence-electron chi connectivity index (χ4n) is 3.68. The van der Waals surface area contributed by atoms with Crippen molar-refractivity contribution in [2.45, 2.75) is 36.6 Å². The quantitative estimate of drug-likeness (QED) is 0.586. The van der Waals surface area contributed by atoms with Gasteiger partial charge in [0.25, 0.3) is 15.9 Å². The van der Waals surface area contributed by atoms with Crippen LogP contribution in [0.25, 0.3) is 0 Å². The summed E-state index contributed by atoms with van der Waals surface area (Å²) < 4.78 is 39.2. The number of anilines is 2. The van der Waals surface area contributed by atoms with Gasteiger partial charge in [-0.15, -0.1) is 0 Å². The summed E-state index contributed by atoms with van der Waals surface area (Å²) in [5, 5.41) is 13.0. The van der Waals surface area contributed by atoms with Gasteiger partial charge in [-0.1, -0.05) is 17.6 Å². The Morgan fingerprint density at radius 1 is 1.21 bits per heavy atom. The first-order valence-electron chi connectivity index (χ1n) is 10.4. The van der Waals surface area contributed by atoms with Crippen LogP contribution in [-0.4, -0.2) is 31.1 Å². The van der Waals surface area contributed by atoms with E-state index in [1.807, 2.05) is 6.07 Å². The SMILES string of the molecule is N#Cc1cccc(NS(=O)(=O)c2ccc3c(c2)N(Cc2noc(C4CCC4)n2)C(=O)CO3)c1. The standard InChI is InChI=1S/C22H19N5O5S/c23-11-14-3-1-6-16(9-14)26-33(29,30)17-7-8-19-18(10-17)27(21(28)13-31-19)12-20-24-22(32-25-20)15-4-2-5-15/h1,3,6-10,15,26H,2,4-5,12-13H2. The summed E-state index contributed by atoms with van der Waals surface area (Å²) in [6.45, 7) is -0.141. The zero-order valence-electron chi connectivity index (χ0n) is 17.4. The molecule has 1 aliphatic heterocycles. The zero-order chi connectivity index (χ0) is 23.0. The summed E-state index contributed by atoms with van der Waals surface area (Å²) >= 11 is 0. The molecule has 0 spiro atoms. The average molecular weight is 465 g/mol. The van der Waals surface area contributed by atoms with E-state index in [9.17, 15) is 13.2 Å². The third kappa shape index (κ3) is 4.12. The highest BCUT2D eigenvalue weighted by Gasteiger charge is 2.30. The molecule has 11 heteroatoms. The molecule has 0 bridgehead atoms. The second kappa shape index (κ2) is 8.22. The van der Waals surface area contributed by atoms with Gasteiger partial charge in [0.15, 0.2) is 12.4 Å². The molecule has 1 N–H and O–H groups in total. The van der Waals surface area contributed by atoms with Crippen molar-refractivity contribution >= 4 is 27.3 Å². The van der Waals surface area contributed by atoms with Crippen molar-refractivity contribution in [2.75, 3.05) is 16.2 Å². The Morgan fingerprint density at radius 3 is 2.82 bits per heavy atom. The minimum Gasteiger partial charge on any atom is -0.482 e. The van der Waals surface area contributed by atoms with Crippen LogP contribution in [0.2, 0.25) is 0 Å². The first-order valence-corrected chi connectivity index (χ1v) is 11.8. The van der Waals surface area contributed by atoms with Gasteiger partial charge in [0.2, 0.25) is 5.89 Å². The van der Waals surface area contributed by atoms with Gasteiger partial charge in [0.05, 0.1) is 34.4 Å². The van der Waals surface area contributed by atoms with Crippen LogP contribution in [0, 0.1) is 11.3 Å². The molecule has 2 aromatic carbocycles. The maximum Gasteiger partial charge on any atom is 0.265 e. The Labute approximate surface area is 189 Å². The number of carbonyl (C=O) groups is 1.